The summed E-state index contributed by atoms with van der Waals surface area (Å²) < 4.78 is 5.26. The van der Waals surface area contributed by atoms with Gasteiger partial charge in [-0.3, -0.25) is 10.1 Å². The largest absolute Gasteiger partial charge is 0.449 e. The molecule has 0 aromatic heterocycles. The van der Waals surface area contributed by atoms with Gasteiger partial charge >= 0.3 is 6.09 Å². The third-order valence-electron chi connectivity index (χ3n) is 5.34. The van der Waals surface area contributed by atoms with Gasteiger partial charge in [0.1, 0.15) is 5.54 Å². The molecule has 0 saturated carbocycles. The van der Waals surface area contributed by atoms with Crippen molar-refractivity contribution in [3.8, 4) is 0 Å². The van der Waals surface area contributed by atoms with E-state index in [1.54, 1.807) is 4.90 Å². The number of carbonyl (C=O) groups is 2. The lowest BCUT2D eigenvalue weighted by atomic mass is 9.88. The second-order valence-corrected chi connectivity index (χ2v) is 7.17. The van der Waals surface area contributed by atoms with Crippen LogP contribution in [-0.4, -0.2) is 91.1 Å². The number of piperidine rings is 1. The van der Waals surface area contributed by atoms with Crippen LogP contribution in [0.3, 0.4) is 0 Å². The first kappa shape index (κ1) is 18.0. The molecule has 0 aliphatic carbocycles. The summed E-state index contributed by atoms with van der Waals surface area (Å²) in [6, 6.07) is 0. The normalized spacial score (nSPS) is 23.6. The van der Waals surface area contributed by atoms with E-state index in [1.165, 1.54) is 0 Å². The average Bonchev–Trinajstić information content (AvgIpc) is 2.92. The standard InChI is InChI=1S/C17H29N5O3/c1-3-4-13-25-16(24)22-7-5-17(6-8-22)14(23)18-15(19-17)21-11-9-20(2)10-12-21/h3-13H2,1-2H3,(H,18,19,23). The highest BCUT2D eigenvalue weighted by Gasteiger charge is 2.47. The van der Waals surface area contributed by atoms with Crippen LogP contribution in [0.2, 0.25) is 0 Å². The fraction of sp³-hybridized carbons (Fsp3) is 0.824. The van der Waals surface area contributed by atoms with E-state index in [1.807, 2.05) is 0 Å². The Hall–Kier alpha value is -1.83. The van der Waals surface area contributed by atoms with Crippen LogP contribution < -0.4 is 5.32 Å². The Balaban J connectivity index is 1.56. The number of amides is 2. The van der Waals surface area contributed by atoms with E-state index >= 15 is 0 Å². The van der Waals surface area contributed by atoms with E-state index in [9.17, 15) is 9.59 Å². The molecule has 0 unspecified atom stereocenters. The van der Waals surface area contributed by atoms with Crippen LogP contribution in [0.25, 0.3) is 0 Å². The lowest BCUT2D eigenvalue weighted by Crippen LogP contribution is -2.52. The molecule has 3 aliphatic heterocycles. The lowest BCUT2D eigenvalue weighted by molar-refractivity contribution is -0.125. The maximum absolute atomic E-state index is 12.6. The van der Waals surface area contributed by atoms with Crippen LogP contribution in [-0.2, 0) is 9.53 Å². The first-order valence-electron chi connectivity index (χ1n) is 9.30. The molecule has 3 aliphatic rings. The fourth-order valence-electron chi connectivity index (χ4n) is 3.46. The Morgan fingerprint density at radius 3 is 2.52 bits per heavy atom. The van der Waals surface area contributed by atoms with Gasteiger partial charge in [-0.05, 0) is 26.3 Å². The third-order valence-corrected chi connectivity index (χ3v) is 5.34. The summed E-state index contributed by atoms with van der Waals surface area (Å²) in [5, 5.41) is 2.97. The van der Waals surface area contributed by atoms with Gasteiger partial charge in [-0.2, -0.15) is 0 Å². The Morgan fingerprint density at radius 1 is 1.20 bits per heavy atom. The second kappa shape index (κ2) is 7.59. The predicted octanol–water partition coefficient (Wildman–Crippen LogP) is 0.491. The Bertz CT molecular complexity index is 534. The molecular formula is C17H29N5O3. The first-order chi connectivity index (χ1) is 12.0. The van der Waals surface area contributed by atoms with Crippen LogP contribution in [0.1, 0.15) is 32.6 Å². The smallest absolute Gasteiger partial charge is 0.409 e. The summed E-state index contributed by atoms with van der Waals surface area (Å²) in [5.41, 5.74) is -0.709. The molecular weight excluding hydrogens is 322 g/mol. The molecule has 2 amide bonds. The molecule has 3 heterocycles. The summed E-state index contributed by atoms with van der Waals surface area (Å²) in [7, 11) is 2.10. The van der Waals surface area contributed by atoms with Crippen molar-refractivity contribution < 1.29 is 14.3 Å². The van der Waals surface area contributed by atoms with Gasteiger partial charge < -0.3 is 19.4 Å². The number of piperazine rings is 1. The summed E-state index contributed by atoms with van der Waals surface area (Å²) in [6.45, 7) is 7.24. The number of likely N-dealkylation sites (N-methyl/N-ethyl adjacent to an activating group) is 1. The summed E-state index contributed by atoms with van der Waals surface area (Å²) in [6.07, 6.45) is 2.72. The molecule has 0 radical (unpaired) electrons. The molecule has 1 spiro atoms. The minimum atomic E-state index is -0.709. The maximum atomic E-state index is 12.6. The molecule has 0 atom stereocenters. The number of guanidine groups is 1. The topological polar surface area (TPSA) is 77.5 Å². The van der Waals surface area contributed by atoms with Gasteiger partial charge in [0.15, 0.2) is 0 Å². The van der Waals surface area contributed by atoms with E-state index < -0.39 is 5.54 Å². The Morgan fingerprint density at radius 2 is 1.88 bits per heavy atom. The average molecular weight is 351 g/mol. The SMILES string of the molecule is CCCCOC(=O)N1CCC2(CC1)N=C(N1CCN(C)CC1)NC2=O. The molecule has 2 fully saturated rings. The summed E-state index contributed by atoms with van der Waals surface area (Å²) in [5.74, 6) is 0.678. The number of carbonyl (C=O) groups excluding carboxylic acids is 2. The van der Waals surface area contributed by atoms with Crippen LogP contribution in [0.15, 0.2) is 4.99 Å². The minimum absolute atomic E-state index is 0.0274. The van der Waals surface area contributed by atoms with Gasteiger partial charge in [0.05, 0.1) is 6.61 Å². The van der Waals surface area contributed by atoms with Crippen molar-refractivity contribution in [2.75, 3.05) is 52.9 Å². The zero-order valence-corrected chi connectivity index (χ0v) is 15.3. The monoisotopic (exact) mass is 351 g/mol. The first-order valence-corrected chi connectivity index (χ1v) is 9.30. The van der Waals surface area contributed by atoms with Crippen LogP contribution in [0.4, 0.5) is 4.79 Å². The van der Waals surface area contributed by atoms with E-state index in [2.05, 4.69) is 29.1 Å². The molecule has 8 heteroatoms. The van der Waals surface area contributed by atoms with Crippen molar-refractivity contribution in [2.24, 2.45) is 4.99 Å². The van der Waals surface area contributed by atoms with Gasteiger partial charge in [0.25, 0.3) is 5.91 Å². The second-order valence-electron chi connectivity index (χ2n) is 7.17. The highest BCUT2D eigenvalue weighted by atomic mass is 16.6. The van der Waals surface area contributed by atoms with E-state index in [-0.39, 0.29) is 12.0 Å². The van der Waals surface area contributed by atoms with Crippen LogP contribution >= 0.6 is 0 Å². The number of rotatable bonds is 3. The van der Waals surface area contributed by atoms with E-state index in [0.29, 0.717) is 38.5 Å². The van der Waals surface area contributed by atoms with Gasteiger partial charge in [-0.1, -0.05) is 13.3 Å². The highest BCUT2D eigenvalue weighted by molar-refractivity contribution is 6.07. The zero-order chi connectivity index (χ0) is 17.9. The molecule has 1 N–H and O–H groups in total. The molecule has 140 valence electrons. The summed E-state index contributed by atoms with van der Waals surface area (Å²) in [4.78, 5) is 35.5. The Kier molecular flexibility index (Phi) is 5.46. The lowest BCUT2D eigenvalue weighted by Gasteiger charge is -2.35. The minimum Gasteiger partial charge on any atom is -0.449 e. The third kappa shape index (κ3) is 3.89. The van der Waals surface area contributed by atoms with Gasteiger partial charge in [0.2, 0.25) is 5.96 Å². The molecule has 2 saturated heterocycles. The van der Waals surface area contributed by atoms with Crippen molar-refractivity contribution in [1.29, 1.82) is 0 Å². The van der Waals surface area contributed by atoms with Gasteiger partial charge in [-0.15, -0.1) is 0 Å². The van der Waals surface area contributed by atoms with E-state index in [0.717, 1.165) is 39.0 Å². The van der Waals surface area contributed by atoms with Crippen LogP contribution in [0.5, 0.6) is 0 Å². The molecule has 25 heavy (non-hydrogen) atoms. The van der Waals surface area contributed by atoms with Crippen molar-refractivity contribution in [1.82, 2.24) is 20.0 Å². The zero-order valence-electron chi connectivity index (χ0n) is 15.3. The highest BCUT2D eigenvalue weighted by Crippen LogP contribution is 2.30. The number of hydrogen-bond donors (Lipinski definition) is 1. The molecule has 0 aromatic carbocycles. The molecule has 0 bridgehead atoms. The van der Waals surface area contributed by atoms with Gasteiger partial charge in [0, 0.05) is 39.3 Å². The number of ether oxygens (including phenoxy) is 1. The van der Waals surface area contributed by atoms with Crippen molar-refractivity contribution in [2.45, 2.75) is 38.1 Å². The summed E-state index contributed by atoms with van der Waals surface area (Å²) >= 11 is 0. The van der Waals surface area contributed by atoms with Crippen molar-refractivity contribution in [3.05, 3.63) is 0 Å². The van der Waals surface area contributed by atoms with Crippen LogP contribution in [0, 0.1) is 0 Å². The number of nitrogens with zero attached hydrogens (tertiary/aromatic N) is 4. The van der Waals surface area contributed by atoms with Gasteiger partial charge in [-0.25, -0.2) is 9.79 Å². The quantitative estimate of drug-likeness (QED) is 0.749. The van der Waals surface area contributed by atoms with E-state index in [4.69, 9.17) is 9.73 Å². The number of unbranched alkanes of at least 4 members (excludes halogenated alkanes) is 1. The molecule has 3 rings (SSSR count). The number of aliphatic imine (C=N–C) groups is 1. The van der Waals surface area contributed by atoms with Crippen molar-refractivity contribution in [3.63, 3.8) is 0 Å². The maximum Gasteiger partial charge on any atom is 0.409 e. The number of hydrogen-bond acceptors (Lipinski definition) is 6. The molecule has 0 aromatic rings. The number of nitrogens with one attached hydrogen (secondary N) is 1. The molecule has 8 nitrogen and oxygen atoms in total. The Labute approximate surface area is 149 Å². The van der Waals surface area contributed by atoms with Crippen molar-refractivity contribution >= 4 is 18.0 Å². The number of likely N-dealkylation sites (tertiary alicyclic amines) is 1. The fourth-order valence-corrected chi connectivity index (χ4v) is 3.46. The predicted molar refractivity (Wildman–Crippen MR) is 94.4 cm³/mol.